The van der Waals surface area contributed by atoms with E-state index in [0.29, 0.717) is 5.25 Å². The van der Waals surface area contributed by atoms with Gasteiger partial charge in [-0.2, -0.15) is 0 Å². The summed E-state index contributed by atoms with van der Waals surface area (Å²) >= 11 is 5.37. The van der Waals surface area contributed by atoms with Crippen LogP contribution in [0.15, 0.2) is 33.7 Å². The Morgan fingerprint density at radius 2 is 2.41 bits per heavy atom. The van der Waals surface area contributed by atoms with Gasteiger partial charge >= 0.3 is 0 Å². The second kappa shape index (κ2) is 6.45. The van der Waals surface area contributed by atoms with Crippen LogP contribution in [0.3, 0.4) is 0 Å². The number of thioether (sulfide) groups is 1. The number of rotatable bonds is 4. The van der Waals surface area contributed by atoms with Gasteiger partial charge in [0.05, 0.1) is 6.54 Å². The number of hydrogen-bond donors (Lipinski definition) is 1. The van der Waals surface area contributed by atoms with Crippen molar-refractivity contribution < 1.29 is 0 Å². The van der Waals surface area contributed by atoms with Crippen molar-refractivity contribution in [2.24, 2.45) is 4.99 Å². The van der Waals surface area contributed by atoms with Crippen molar-refractivity contribution in [3.63, 3.8) is 0 Å². The summed E-state index contributed by atoms with van der Waals surface area (Å²) in [5.41, 5.74) is 1.28. The van der Waals surface area contributed by atoms with Crippen molar-refractivity contribution in [2.45, 2.75) is 31.6 Å². The summed E-state index contributed by atoms with van der Waals surface area (Å²) in [6, 6.07) is 8.37. The van der Waals surface area contributed by atoms with Gasteiger partial charge in [-0.3, -0.25) is 4.99 Å². The van der Waals surface area contributed by atoms with Gasteiger partial charge in [-0.1, -0.05) is 53.2 Å². The molecule has 1 aromatic carbocycles. The van der Waals surface area contributed by atoms with Crippen LogP contribution < -0.4 is 5.32 Å². The van der Waals surface area contributed by atoms with Gasteiger partial charge in [0.15, 0.2) is 5.17 Å². The minimum Gasteiger partial charge on any atom is -0.361 e. The largest absolute Gasteiger partial charge is 0.361 e. The molecule has 0 aromatic heterocycles. The third kappa shape index (κ3) is 4.03. The molecule has 2 nitrogen and oxygen atoms in total. The van der Waals surface area contributed by atoms with E-state index in [2.05, 4.69) is 51.4 Å². The molecule has 0 radical (unpaired) electrons. The second-order valence-electron chi connectivity index (χ2n) is 4.16. The Hall–Kier alpha value is -0.480. The second-order valence-corrected chi connectivity index (χ2v) is 6.36. The highest BCUT2D eigenvalue weighted by Crippen LogP contribution is 2.23. The predicted molar refractivity (Wildman–Crippen MR) is 79.6 cm³/mol. The van der Waals surface area contributed by atoms with Crippen LogP contribution in [-0.4, -0.2) is 17.0 Å². The van der Waals surface area contributed by atoms with Crippen molar-refractivity contribution in [1.82, 2.24) is 5.32 Å². The highest BCUT2D eigenvalue weighted by atomic mass is 79.9. The summed E-state index contributed by atoms with van der Waals surface area (Å²) < 4.78 is 1.13. The number of amidine groups is 1. The molecular formula is C13H17BrN2S. The van der Waals surface area contributed by atoms with E-state index in [-0.39, 0.29) is 0 Å². The van der Waals surface area contributed by atoms with Gasteiger partial charge < -0.3 is 5.32 Å². The number of aliphatic imine (C=N–C) groups is 1. The third-order valence-corrected chi connectivity index (χ3v) is 4.37. The maximum Gasteiger partial charge on any atom is 0.157 e. The summed E-state index contributed by atoms with van der Waals surface area (Å²) in [5.74, 6) is 0. The minimum absolute atomic E-state index is 0.685. The van der Waals surface area contributed by atoms with Crippen molar-refractivity contribution >= 4 is 32.9 Å². The van der Waals surface area contributed by atoms with Gasteiger partial charge in [0, 0.05) is 16.3 Å². The highest BCUT2D eigenvalue weighted by Gasteiger charge is 2.17. The van der Waals surface area contributed by atoms with Crippen molar-refractivity contribution in [3.8, 4) is 0 Å². The van der Waals surface area contributed by atoms with Crippen LogP contribution in [0.4, 0.5) is 0 Å². The van der Waals surface area contributed by atoms with Crippen LogP contribution in [0, 0.1) is 0 Å². The molecule has 0 amide bonds. The molecule has 1 aromatic rings. The third-order valence-electron chi connectivity index (χ3n) is 2.66. The van der Waals surface area contributed by atoms with E-state index in [1.165, 1.54) is 18.4 Å². The monoisotopic (exact) mass is 312 g/mol. The minimum atomic E-state index is 0.685. The summed E-state index contributed by atoms with van der Waals surface area (Å²) in [6.45, 7) is 4.05. The van der Waals surface area contributed by atoms with Crippen LogP contribution in [0.5, 0.6) is 0 Å². The molecular weight excluding hydrogens is 296 g/mol. The van der Waals surface area contributed by atoms with Crippen molar-refractivity contribution in [1.29, 1.82) is 0 Å². The molecule has 1 aliphatic rings. The Kier molecular flexibility index (Phi) is 4.92. The Bertz CT molecular complexity index is 406. The quantitative estimate of drug-likeness (QED) is 0.914. The zero-order chi connectivity index (χ0) is 12.1. The zero-order valence-corrected chi connectivity index (χ0v) is 12.4. The highest BCUT2D eigenvalue weighted by molar-refractivity contribution is 9.10. The van der Waals surface area contributed by atoms with Crippen molar-refractivity contribution in [2.75, 3.05) is 6.54 Å². The molecule has 4 heteroatoms. The summed E-state index contributed by atoms with van der Waals surface area (Å²) in [7, 11) is 0. The Morgan fingerprint density at radius 3 is 3.18 bits per heavy atom. The Morgan fingerprint density at radius 1 is 1.53 bits per heavy atom. The van der Waals surface area contributed by atoms with Gasteiger partial charge in [-0.15, -0.1) is 0 Å². The van der Waals surface area contributed by atoms with Gasteiger partial charge in [0.2, 0.25) is 0 Å². The fourth-order valence-corrected chi connectivity index (χ4v) is 3.38. The molecule has 0 fully saturated rings. The van der Waals surface area contributed by atoms with E-state index in [9.17, 15) is 0 Å². The first-order chi connectivity index (χ1) is 8.28. The first-order valence-corrected chi connectivity index (χ1v) is 7.64. The standard InChI is InChI=1S/C13H17BrN2S/c1-2-4-12-9-16-13(17-12)15-8-10-5-3-6-11(14)7-10/h3,5-7,12H,2,4,8-9H2,1H3,(H,15,16). The molecule has 1 heterocycles. The van der Waals surface area contributed by atoms with Crippen molar-refractivity contribution in [3.05, 3.63) is 34.3 Å². The number of halogens is 1. The average molecular weight is 313 g/mol. The predicted octanol–water partition coefficient (Wildman–Crippen LogP) is 3.81. The van der Waals surface area contributed by atoms with Crippen LogP contribution in [0.1, 0.15) is 25.3 Å². The Balaban J connectivity index is 1.80. The van der Waals surface area contributed by atoms with E-state index >= 15 is 0 Å². The van der Waals surface area contributed by atoms with Crippen LogP contribution in [-0.2, 0) is 6.54 Å². The summed E-state index contributed by atoms with van der Waals surface area (Å²) in [6.07, 6.45) is 2.50. The maximum atomic E-state index is 4.53. The molecule has 1 N–H and O–H groups in total. The molecule has 0 saturated heterocycles. The molecule has 0 spiro atoms. The normalized spacial score (nSPS) is 19.2. The zero-order valence-electron chi connectivity index (χ0n) is 9.95. The van der Waals surface area contributed by atoms with Crippen LogP contribution >= 0.6 is 27.7 Å². The first-order valence-electron chi connectivity index (χ1n) is 5.97. The molecule has 0 saturated carbocycles. The lowest BCUT2D eigenvalue weighted by molar-refractivity contribution is 0.753. The van der Waals surface area contributed by atoms with E-state index < -0.39 is 0 Å². The fraction of sp³-hybridized carbons (Fsp3) is 0.462. The first kappa shape index (κ1) is 13.0. The summed E-state index contributed by atoms with van der Waals surface area (Å²) in [4.78, 5) is 4.53. The van der Waals surface area contributed by atoms with Gasteiger partial charge in [0.25, 0.3) is 0 Å². The lowest BCUT2D eigenvalue weighted by Crippen LogP contribution is -2.18. The van der Waals surface area contributed by atoms with Gasteiger partial charge in [0.1, 0.15) is 0 Å². The molecule has 2 rings (SSSR count). The van der Waals surface area contributed by atoms with E-state index in [0.717, 1.165) is 22.7 Å². The Labute approximate surface area is 115 Å². The molecule has 1 aliphatic heterocycles. The molecule has 1 unspecified atom stereocenters. The molecule has 92 valence electrons. The molecule has 0 aliphatic carbocycles. The van der Waals surface area contributed by atoms with Gasteiger partial charge in [-0.05, 0) is 24.1 Å². The molecule has 1 atom stereocenters. The molecule has 0 bridgehead atoms. The molecule has 17 heavy (non-hydrogen) atoms. The van der Waals surface area contributed by atoms with Crippen LogP contribution in [0.25, 0.3) is 0 Å². The van der Waals surface area contributed by atoms with Crippen LogP contribution in [0.2, 0.25) is 0 Å². The smallest absolute Gasteiger partial charge is 0.157 e. The van der Waals surface area contributed by atoms with E-state index in [1.54, 1.807) is 0 Å². The SMILES string of the molecule is CCCC1CN=C(NCc2cccc(Br)c2)S1. The number of hydrogen-bond acceptors (Lipinski definition) is 3. The lowest BCUT2D eigenvalue weighted by Gasteiger charge is -2.08. The number of nitrogens with one attached hydrogen (secondary N) is 1. The maximum absolute atomic E-state index is 4.53. The average Bonchev–Trinajstić information content (AvgIpc) is 2.75. The topological polar surface area (TPSA) is 24.4 Å². The van der Waals surface area contributed by atoms with E-state index in [4.69, 9.17) is 0 Å². The fourth-order valence-electron chi connectivity index (χ4n) is 1.81. The lowest BCUT2D eigenvalue weighted by atomic mass is 10.2. The van der Waals surface area contributed by atoms with Gasteiger partial charge in [-0.25, -0.2) is 0 Å². The number of nitrogens with zero attached hydrogens (tertiary/aromatic N) is 1. The number of benzene rings is 1. The summed E-state index contributed by atoms with van der Waals surface area (Å²) in [5, 5.41) is 5.19. The van der Waals surface area contributed by atoms with E-state index in [1.807, 2.05) is 17.8 Å².